The van der Waals surface area contributed by atoms with E-state index in [2.05, 4.69) is 10.4 Å². The van der Waals surface area contributed by atoms with Gasteiger partial charge in [-0.2, -0.15) is 5.10 Å². The summed E-state index contributed by atoms with van der Waals surface area (Å²) in [6, 6.07) is 14.3. The van der Waals surface area contributed by atoms with E-state index in [9.17, 15) is 4.79 Å². The van der Waals surface area contributed by atoms with Crippen molar-refractivity contribution in [3.63, 3.8) is 0 Å². The third kappa shape index (κ3) is 5.38. The van der Waals surface area contributed by atoms with Gasteiger partial charge in [0.2, 0.25) is 0 Å². The number of hydrazone groups is 1. The van der Waals surface area contributed by atoms with Crippen LogP contribution in [-0.2, 0) is 0 Å². The molecule has 0 aromatic heterocycles. The van der Waals surface area contributed by atoms with Gasteiger partial charge >= 0.3 is 6.03 Å². The minimum absolute atomic E-state index is 0.172. The number of nitrogens with zero attached hydrogens (tertiary/aromatic N) is 2. The fraction of sp³-hybridized carbons (Fsp3) is 0.300. The first kappa shape index (κ1) is 20.0. The number of benzene rings is 2. The minimum Gasteiger partial charge on any atom is -0.306 e. The second-order valence-electron chi connectivity index (χ2n) is 6.39. The summed E-state index contributed by atoms with van der Waals surface area (Å²) in [5.41, 5.74) is 2.57. The summed E-state index contributed by atoms with van der Waals surface area (Å²) in [7, 11) is 0. The summed E-state index contributed by atoms with van der Waals surface area (Å²) >= 11 is 17.7. The van der Waals surface area contributed by atoms with E-state index < -0.39 is 0 Å². The largest absolute Gasteiger partial charge is 0.342 e. The van der Waals surface area contributed by atoms with E-state index in [-0.39, 0.29) is 11.9 Å². The van der Waals surface area contributed by atoms with Crippen molar-refractivity contribution in [3.05, 3.63) is 64.1 Å². The molecule has 1 N–H and O–H groups in total. The maximum absolute atomic E-state index is 12.6. The van der Waals surface area contributed by atoms with E-state index in [1.54, 1.807) is 24.3 Å². The molecule has 142 valence electrons. The maximum Gasteiger partial charge on any atom is 0.342 e. The zero-order valence-electron chi connectivity index (χ0n) is 14.7. The lowest BCUT2D eigenvalue weighted by Gasteiger charge is -2.15. The molecule has 1 aliphatic rings. The van der Waals surface area contributed by atoms with Gasteiger partial charge in [-0.05, 0) is 54.8 Å². The van der Waals surface area contributed by atoms with Crippen LogP contribution in [0.1, 0.15) is 24.8 Å². The molecule has 0 aliphatic carbocycles. The van der Waals surface area contributed by atoms with Gasteiger partial charge in [-0.25, -0.2) is 9.80 Å². The molecular weight excluding hydrogens is 405 g/mol. The van der Waals surface area contributed by atoms with Crippen molar-refractivity contribution in [1.29, 1.82) is 0 Å². The molecule has 0 spiro atoms. The predicted molar refractivity (Wildman–Crippen MR) is 113 cm³/mol. The van der Waals surface area contributed by atoms with Gasteiger partial charge in [0.25, 0.3) is 0 Å². The van der Waals surface area contributed by atoms with Crippen molar-refractivity contribution in [3.8, 4) is 0 Å². The lowest BCUT2D eigenvalue weighted by molar-refractivity contribution is 0.215. The number of carbonyl (C=O) groups excluding carboxylic acids is 1. The van der Waals surface area contributed by atoms with Crippen molar-refractivity contribution in [1.82, 2.24) is 5.01 Å². The Morgan fingerprint density at radius 3 is 2.30 bits per heavy atom. The highest BCUT2D eigenvalue weighted by atomic mass is 35.5. The number of carbonyl (C=O) groups is 1. The van der Waals surface area contributed by atoms with Gasteiger partial charge in [0.05, 0.1) is 12.3 Å². The van der Waals surface area contributed by atoms with E-state index in [4.69, 9.17) is 34.8 Å². The number of alkyl halides is 1. The Morgan fingerprint density at radius 1 is 1.04 bits per heavy atom. The topological polar surface area (TPSA) is 44.7 Å². The molecule has 3 rings (SSSR count). The Bertz CT molecular complexity index is 806. The van der Waals surface area contributed by atoms with Crippen LogP contribution in [0.4, 0.5) is 10.5 Å². The maximum atomic E-state index is 12.6. The Labute approximate surface area is 174 Å². The van der Waals surface area contributed by atoms with Crippen LogP contribution in [-0.4, -0.2) is 29.2 Å². The Balaban J connectivity index is 1.75. The van der Waals surface area contributed by atoms with E-state index in [1.165, 1.54) is 5.01 Å². The number of unbranched alkanes of at least 4 members (excludes halogenated alkanes) is 1. The molecule has 27 heavy (non-hydrogen) atoms. The van der Waals surface area contributed by atoms with Crippen molar-refractivity contribution in [2.75, 3.05) is 17.7 Å². The number of urea groups is 1. The monoisotopic (exact) mass is 423 g/mol. The lowest BCUT2D eigenvalue weighted by Crippen LogP contribution is -2.30. The molecular formula is C20H20Cl3N3O. The second-order valence-corrected chi connectivity index (χ2v) is 7.64. The average Bonchev–Trinajstić information content (AvgIpc) is 3.09. The zero-order chi connectivity index (χ0) is 19.2. The number of halogens is 3. The van der Waals surface area contributed by atoms with Gasteiger partial charge in [-0.3, -0.25) is 0 Å². The third-order valence-corrected chi connectivity index (χ3v) is 5.19. The summed E-state index contributed by atoms with van der Waals surface area (Å²) in [6.07, 6.45) is 2.87. The summed E-state index contributed by atoms with van der Waals surface area (Å²) in [5.74, 6) is 0.811. The summed E-state index contributed by atoms with van der Waals surface area (Å²) in [4.78, 5) is 12.6. The molecule has 0 saturated carbocycles. The molecule has 1 heterocycles. The fourth-order valence-corrected chi connectivity index (χ4v) is 3.47. The highest BCUT2D eigenvalue weighted by molar-refractivity contribution is 6.31. The molecule has 4 nitrogen and oxygen atoms in total. The van der Waals surface area contributed by atoms with Crippen molar-refractivity contribution in [2.24, 2.45) is 11.0 Å². The predicted octanol–water partition coefficient (Wildman–Crippen LogP) is 6.27. The quantitative estimate of drug-likeness (QED) is 0.431. The summed E-state index contributed by atoms with van der Waals surface area (Å²) < 4.78 is 0. The smallest absolute Gasteiger partial charge is 0.306 e. The molecule has 1 aliphatic heterocycles. The van der Waals surface area contributed by atoms with Crippen LogP contribution in [0.25, 0.3) is 0 Å². The van der Waals surface area contributed by atoms with Crippen LogP contribution in [0.3, 0.4) is 0 Å². The fourth-order valence-electron chi connectivity index (χ4n) is 3.02. The standard InChI is InChI=1S/C20H20Cl3N3O/c21-12-2-1-3-15-13-26(20(27)24-18-10-8-17(23)9-11-18)25-19(15)14-4-6-16(22)7-5-14/h4-11,15H,1-3,12-13H2,(H,24,27). The normalized spacial score (nSPS) is 16.3. The van der Waals surface area contributed by atoms with Crippen LogP contribution >= 0.6 is 34.8 Å². The van der Waals surface area contributed by atoms with Gasteiger partial charge in [0.1, 0.15) is 0 Å². The lowest BCUT2D eigenvalue weighted by atomic mass is 9.93. The Kier molecular flexibility index (Phi) is 7.00. The van der Waals surface area contributed by atoms with E-state index in [0.29, 0.717) is 28.2 Å². The Morgan fingerprint density at radius 2 is 1.67 bits per heavy atom. The molecule has 1 unspecified atom stereocenters. The minimum atomic E-state index is -0.261. The number of hydrogen-bond donors (Lipinski definition) is 1. The first-order valence-electron chi connectivity index (χ1n) is 8.81. The van der Waals surface area contributed by atoms with Crippen molar-refractivity contribution >= 4 is 52.2 Å². The number of hydrogen-bond acceptors (Lipinski definition) is 2. The first-order valence-corrected chi connectivity index (χ1v) is 10.1. The number of amides is 2. The van der Waals surface area contributed by atoms with Crippen LogP contribution in [0.15, 0.2) is 53.6 Å². The average molecular weight is 425 g/mol. The van der Waals surface area contributed by atoms with Crippen LogP contribution in [0.5, 0.6) is 0 Å². The highest BCUT2D eigenvalue weighted by Crippen LogP contribution is 2.26. The van der Waals surface area contributed by atoms with E-state index in [1.807, 2.05) is 24.3 Å². The molecule has 0 radical (unpaired) electrons. The molecule has 7 heteroatoms. The number of nitrogens with one attached hydrogen (secondary N) is 1. The zero-order valence-corrected chi connectivity index (χ0v) is 16.9. The van der Waals surface area contributed by atoms with E-state index >= 15 is 0 Å². The molecule has 2 amide bonds. The van der Waals surface area contributed by atoms with Crippen molar-refractivity contribution < 1.29 is 4.79 Å². The van der Waals surface area contributed by atoms with Gasteiger partial charge < -0.3 is 5.32 Å². The van der Waals surface area contributed by atoms with Crippen LogP contribution in [0.2, 0.25) is 10.0 Å². The van der Waals surface area contributed by atoms with Gasteiger partial charge in [-0.15, -0.1) is 11.6 Å². The summed E-state index contributed by atoms with van der Waals surface area (Å²) in [6.45, 7) is 0.541. The number of anilines is 1. The molecule has 0 saturated heterocycles. The van der Waals surface area contributed by atoms with Gasteiger partial charge in [0.15, 0.2) is 0 Å². The van der Waals surface area contributed by atoms with Gasteiger partial charge in [-0.1, -0.05) is 41.8 Å². The Hall–Kier alpha value is -1.75. The SMILES string of the molecule is O=C(Nc1ccc(Cl)cc1)N1CC(CCCCCl)C(c2ccc(Cl)cc2)=N1. The van der Waals surface area contributed by atoms with Crippen molar-refractivity contribution in [2.45, 2.75) is 19.3 Å². The highest BCUT2D eigenvalue weighted by Gasteiger charge is 2.30. The molecule has 2 aromatic carbocycles. The van der Waals surface area contributed by atoms with Crippen LogP contribution in [0, 0.1) is 5.92 Å². The van der Waals surface area contributed by atoms with Gasteiger partial charge in [0, 0.05) is 27.5 Å². The molecule has 0 fully saturated rings. The second kappa shape index (κ2) is 9.45. The van der Waals surface area contributed by atoms with E-state index in [0.717, 1.165) is 30.5 Å². The summed E-state index contributed by atoms with van der Waals surface area (Å²) in [5, 5.41) is 10.2. The number of rotatable bonds is 6. The van der Waals surface area contributed by atoms with Crippen LogP contribution < -0.4 is 5.32 Å². The molecule has 2 aromatic rings. The third-order valence-electron chi connectivity index (χ3n) is 4.41. The molecule has 0 bridgehead atoms. The first-order chi connectivity index (χ1) is 13.1. The molecule has 1 atom stereocenters.